The molecule has 0 unspecified atom stereocenters. The Balaban J connectivity index is 0.00000427. The van der Waals surface area contributed by atoms with Crippen LogP contribution in [0.15, 0.2) is 144 Å². The van der Waals surface area contributed by atoms with Gasteiger partial charge >= 0.3 is 0 Å². The largest absolute Gasteiger partial charge is 0.507 e. The van der Waals surface area contributed by atoms with E-state index >= 15 is 0 Å². The Morgan fingerprint density at radius 3 is 2.07 bits per heavy atom. The second-order valence-electron chi connectivity index (χ2n) is 15.2. The van der Waals surface area contributed by atoms with Gasteiger partial charge in [0.15, 0.2) is 0 Å². The number of oxazole rings is 1. The van der Waals surface area contributed by atoms with Crippen molar-refractivity contribution in [3.63, 3.8) is 0 Å². The van der Waals surface area contributed by atoms with Crippen LogP contribution in [0.3, 0.4) is 0 Å². The topological polar surface area (TPSA) is 59.2 Å². The van der Waals surface area contributed by atoms with Gasteiger partial charge in [-0.05, 0) is 93.2 Å². The van der Waals surface area contributed by atoms with Crippen LogP contribution in [0.2, 0.25) is 0 Å². The van der Waals surface area contributed by atoms with E-state index in [2.05, 4.69) is 156 Å². The maximum atomic E-state index is 11.1. The Morgan fingerprint density at radius 1 is 0.600 bits per heavy atom. The SMILES string of the molecule is Cc1cccc(C)c1-c1ccnc2c(-c3[c-]c(-c4cc(-c5cccc6ccccc56)cc5oc(-c6cc(C(C)(C)C)ccc6O)nc45)ccc3)cccc12.[Pt]. The minimum absolute atomic E-state index is 0. The van der Waals surface area contributed by atoms with Gasteiger partial charge in [-0.3, -0.25) is 4.98 Å². The summed E-state index contributed by atoms with van der Waals surface area (Å²) in [5.74, 6) is 0.501. The number of aromatic hydroxyl groups is 1. The summed E-state index contributed by atoms with van der Waals surface area (Å²) in [6, 6.07) is 49.7. The van der Waals surface area contributed by atoms with Crippen LogP contribution >= 0.6 is 0 Å². The van der Waals surface area contributed by atoms with Crippen molar-refractivity contribution in [2.75, 3.05) is 0 Å². The maximum Gasteiger partial charge on any atom is 0.230 e. The second kappa shape index (κ2) is 14.1. The quantitative estimate of drug-likeness (QED) is 0.175. The third-order valence-corrected chi connectivity index (χ3v) is 10.6. The zero-order chi connectivity index (χ0) is 37.1. The molecule has 0 aliphatic carbocycles. The van der Waals surface area contributed by atoms with Crippen LogP contribution in [0.1, 0.15) is 37.5 Å². The summed E-state index contributed by atoms with van der Waals surface area (Å²) in [6.45, 7) is 10.8. The first kappa shape index (κ1) is 36.2. The number of hydrogen-bond acceptors (Lipinski definition) is 4. The smallest absolute Gasteiger partial charge is 0.230 e. The van der Waals surface area contributed by atoms with Gasteiger partial charge in [-0.2, -0.15) is 0 Å². The molecule has 0 fully saturated rings. The van der Waals surface area contributed by atoms with Gasteiger partial charge < -0.3 is 9.52 Å². The fourth-order valence-electron chi connectivity index (χ4n) is 7.79. The zero-order valence-corrected chi connectivity index (χ0v) is 33.6. The van der Waals surface area contributed by atoms with E-state index in [4.69, 9.17) is 14.4 Å². The van der Waals surface area contributed by atoms with Crippen LogP contribution in [0.4, 0.5) is 0 Å². The van der Waals surface area contributed by atoms with Gasteiger partial charge in [0.2, 0.25) is 5.89 Å². The number of phenolic OH excluding ortho intramolecular Hbond substituents is 1. The van der Waals surface area contributed by atoms with Crippen LogP contribution < -0.4 is 0 Å². The van der Waals surface area contributed by atoms with Crippen LogP contribution in [-0.2, 0) is 26.5 Å². The molecule has 9 aromatic rings. The van der Waals surface area contributed by atoms with E-state index < -0.39 is 0 Å². The average Bonchev–Trinajstić information content (AvgIpc) is 3.61. The van der Waals surface area contributed by atoms with Crippen molar-refractivity contribution < 1.29 is 30.6 Å². The molecule has 2 heterocycles. The van der Waals surface area contributed by atoms with Crippen molar-refractivity contribution in [3.8, 4) is 61.7 Å². The van der Waals surface area contributed by atoms with Gasteiger partial charge in [-0.15, -0.1) is 35.4 Å². The van der Waals surface area contributed by atoms with Gasteiger partial charge in [0, 0.05) is 38.2 Å². The van der Waals surface area contributed by atoms with Crippen molar-refractivity contribution in [2.45, 2.75) is 40.0 Å². The second-order valence-corrected chi connectivity index (χ2v) is 15.2. The summed E-state index contributed by atoms with van der Waals surface area (Å²) >= 11 is 0. The Morgan fingerprint density at radius 2 is 1.27 bits per heavy atom. The molecule has 0 aliphatic heterocycles. The third kappa shape index (κ3) is 6.45. The zero-order valence-electron chi connectivity index (χ0n) is 31.3. The van der Waals surface area contributed by atoms with Gasteiger partial charge in [0.05, 0.1) is 11.1 Å². The average molecular weight is 895 g/mol. The Kier molecular flexibility index (Phi) is 9.27. The standard InChI is InChI=1S/C50H39N2O2.Pt/c1-30-12-8-13-31(2)46(30)40-24-25-51-47-39(20-11-21-41(40)47)33-16-9-17-34(26-33)42-27-35(38-19-10-15-32-14-6-7-18-37(32)38)28-45-48(42)52-49(54-45)43-29-36(50(3,4)5)22-23-44(43)53;/h6-25,27-29,53H,1-5H3;/q-1;. The van der Waals surface area contributed by atoms with Crippen molar-refractivity contribution in [2.24, 2.45) is 0 Å². The number of aryl methyl sites for hydroxylation is 2. The molecule has 0 aliphatic rings. The molecular formula is C50H39N2O2Pt-. The summed E-state index contributed by atoms with van der Waals surface area (Å²) in [6.07, 6.45) is 1.91. The van der Waals surface area contributed by atoms with Crippen LogP contribution in [0.5, 0.6) is 5.75 Å². The first-order chi connectivity index (χ1) is 26.1. The number of fused-ring (bicyclic) bond motifs is 3. The van der Waals surface area contributed by atoms with E-state index in [0.29, 0.717) is 22.6 Å². The van der Waals surface area contributed by atoms with E-state index in [1.54, 1.807) is 6.07 Å². The van der Waals surface area contributed by atoms with Gasteiger partial charge in [-0.25, -0.2) is 4.98 Å². The number of pyridine rings is 1. The monoisotopic (exact) mass is 894 g/mol. The normalized spacial score (nSPS) is 11.7. The molecule has 9 rings (SSSR count). The molecule has 0 saturated heterocycles. The predicted octanol–water partition coefficient (Wildman–Crippen LogP) is 13.3. The van der Waals surface area contributed by atoms with E-state index in [1.165, 1.54) is 22.3 Å². The maximum absolute atomic E-state index is 11.1. The first-order valence-corrected chi connectivity index (χ1v) is 18.4. The molecule has 5 heteroatoms. The number of aromatic nitrogens is 2. The summed E-state index contributed by atoms with van der Waals surface area (Å²) in [7, 11) is 0. The van der Waals surface area contributed by atoms with Crippen molar-refractivity contribution >= 4 is 32.8 Å². The molecule has 0 spiro atoms. The molecule has 0 saturated carbocycles. The summed E-state index contributed by atoms with van der Waals surface area (Å²) in [4.78, 5) is 10.0. The van der Waals surface area contributed by atoms with Gasteiger partial charge in [-0.1, -0.05) is 123 Å². The summed E-state index contributed by atoms with van der Waals surface area (Å²) in [5.41, 5.74) is 14.5. The molecule has 0 radical (unpaired) electrons. The molecule has 0 atom stereocenters. The Bertz CT molecular complexity index is 2890. The molecular weight excluding hydrogens is 856 g/mol. The molecule has 7 aromatic carbocycles. The molecule has 272 valence electrons. The first-order valence-electron chi connectivity index (χ1n) is 18.4. The van der Waals surface area contributed by atoms with Gasteiger partial charge in [0.1, 0.15) is 11.3 Å². The van der Waals surface area contributed by atoms with Crippen molar-refractivity contribution in [1.82, 2.24) is 9.97 Å². The van der Waals surface area contributed by atoms with Crippen LogP contribution in [0, 0.1) is 19.9 Å². The molecule has 55 heavy (non-hydrogen) atoms. The van der Waals surface area contributed by atoms with E-state index in [0.717, 1.165) is 60.6 Å². The number of nitrogens with zero attached hydrogens (tertiary/aromatic N) is 2. The van der Waals surface area contributed by atoms with Crippen molar-refractivity contribution in [1.29, 1.82) is 0 Å². The number of benzene rings is 7. The number of phenols is 1. The molecule has 0 amide bonds. The van der Waals surface area contributed by atoms with E-state index in [-0.39, 0.29) is 32.2 Å². The van der Waals surface area contributed by atoms with Crippen LogP contribution in [0.25, 0.3) is 88.7 Å². The number of hydrogen-bond donors (Lipinski definition) is 1. The van der Waals surface area contributed by atoms with E-state index in [1.807, 2.05) is 18.3 Å². The minimum atomic E-state index is -0.119. The predicted molar refractivity (Wildman–Crippen MR) is 223 cm³/mol. The fraction of sp³-hybridized carbons (Fsp3) is 0.120. The number of para-hydroxylation sites is 1. The molecule has 4 nitrogen and oxygen atoms in total. The summed E-state index contributed by atoms with van der Waals surface area (Å²) < 4.78 is 6.59. The molecule has 2 aromatic heterocycles. The fourth-order valence-corrected chi connectivity index (χ4v) is 7.79. The molecule has 1 N–H and O–H groups in total. The van der Waals surface area contributed by atoms with Gasteiger partial charge in [0.25, 0.3) is 0 Å². The molecule has 0 bridgehead atoms. The third-order valence-electron chi connectivity index (χ3n) is 10.6. The Hall–Kier alpha value is -5.83. The minimum Gasteiger partial charge on any atom is -0.507 e. The van der Waals surface area contributed by atoms with Crippen molar-refractivity contribution in [3.05, 3.63) is 162 Å². The van der Waals surface area contributed by atoms with Crippen LogP contribution in [-0.4, -0.2) is 15.1 Å². The number of rotatable bonds is 5. The summed E-state index contributed by atoms with van der Waals surface area (Å²) in [5, 5.41) is 14.5. The Labute approximate surface area is 335 Å². The van der Waals surface area contributed by atoms with E-state index in [9.17, 15) is 5.11 Å².